The monoisotopic (exact) mass is 520 g/mol. The number of nitrogens with zero attached hydrogens (tertiary/aromatic N) is 2. The maximum atomic E-state index is 13.3. The molecule has 0 aliphatic carbocycles. The van der Waals surface area contributed by atoms with Crippen LogP contribution in [0.5, 0.6) is 11.5 Å². The summed E-state index contributed by atoms with van der Waals surface area (Å²) in [7, 11) is 3.05. The highest BCUT2D eigenvalue weighted by Crippen LogP contribution is 2.28. The van der Waals surface area contributed by atoms with Gasteiger partial charge < -0.3 is 29.4 Å². The molecule has 0 unspecified atom stereocenters. The maximum absolute atomic E-state index is 13.3. The third-order valence-electron chi connectivity index (χ3n) is 6.64. The molecule has 4 rings (SSSR count). The van der Waals surface area contributed by atoms with Gasteiger partial charge in [-0.05, 0) is 50.2 Å². The second-order valence-corrected chi connectivity index (χ2v) is 9.03. The molecule has 1 saturated heterocycles. The van der Waals surface area contributed by atoms with Crippen LogP contribution in [0, 0.1) is 0 Å². The highest BCUT2D eigenvalue weighted by atomic mass is 16.5. The maximum Gasteiger partial charge on any atom is 0.267 e. The number of rotatable bonds is 11. The van der Waals surface area contributed by atoms with Gasteiger partial charge in [0.05, 0.1) is 27.4 Å². The molecule has 202 valence electrons. The smallest absolute Gasteiger partial charge is 0.267 e. The lowest BCUT2D eigenvalue weighted by Crippen LogP contribution is -2.39. The van der Waals surface area contributed by atoms with E-state index in [0.29, 0.717) is 23.6 Å². The average Bonchev–Trinajstić information content (AvgIpc) is 3.32. The molecule has 9 nitrogen and oxygen atoms in total. The molecule has 9 heteroatoms. The Hall–Kier alpha value is -3.82. The van der Waals surface area contributed by atoms with Gasteiger partial charge in [-0.3, -0.25) is 14.5 Å². The number of hydrogen-bond acceptors (Lipinski definition) is 6. The van der Waals surface area contributed by atoms with Crippen molar-refractivity contribution in [1.29, 1.82) is 0 Å². The van der Waals surface area contributed by atoms with Crippen LogP contribution in [0.1, 0.15) is 29.3 Å². The van der Waals surface area contributed by atoms with Gasteiger partial charge in [0.15, 0.2) is 11.5 Å². The van der Waals surface area contributed by atoms with Crippen molar-refractivity contribution in [2.75, 3.05) is 53.6 Å². The number of methoxy groups -OCH3 is 2. The number of benzene rings is 2. The summed E-state index contributed by atoms with van der Waals surface area (Å²) in [5.41, 5.74) is 2.45. The van der Waals surface area contributed by atoms with Crippen molar-refractivity contribution in [2.24, 2.45) is 0 Å². The molecule has 1 fully saturated rings. The average molecular weight is 521 g/mol. The Morgan fingerprint density at radius 2 is 1.82 bits per heavy atom. The summed E-state index contributed by atoms with van der Waals surface area (Å²) >= 11 is 0. The molecule has 2 heterocycles. The van der Waals surface area contributed by atoms with E-state index in [1.54, 1.807) is 24.3 Å². The first-order valence-electron chi connectivity index (χ1n) is 12.9. The minimum absolute atomic E-state index is 0.176. The van der Waals surface area contributed by atoms with Gasteiger partial charge in [-0.2, -0.15) is 0 Å². The fraction of sp³-hybridized carbons (Fsp3) is 0.379. The molecule has 38 heavy (non-hydrogen) atoms. The highest BCUT2D eigenvalue weighted by molar-refractivity contribution is 6.06. The standard InChI is InChI=1S/C29H36N4O5/c1-4-33-20-22(23-8-5-6-9-25(23)33)18-24(29(35)30-12-7-13-32-14-16-38-17-15-32)31-28(34)21-10-11-26(36-2)27(19-21)37-3/h5-6,8-11,18-20H,4,7,12-17H2,1-3H3,(H,30,35)(H,31,34)/b24-18-. The third-order valence-corrected chi connectivity index (χ3v) is 6.64. The Balaban J connectivity index is 1.55. The van der Waals surface area contributed by atoms with Gasteiger partial charge in [-0.1, -0.05) is 18.2 Å². The molecule has 3 aromatic rings. The Labute approximate surface area is 223 Å². The molecule has 0 atom stereocenters. The van der Waals surface area contributed by atoms with E-state index in [9.17, 15) is 9.59 Å². The molecule has 0 radical (unpaired) electrons. The Kier molecular flexibility index (Phi) is 9.40. The van der Waals surface area contributed by atoms with E-state index < -0.39 is 5.91 Å². The highest BCUT2D eigenvalue weighted by Gasteiger charge is 2.18. The molecular formula is C29H36N4O5. The zero-order valence-corrected chi connectivity index (χ0v) is 22.3. The van der Waals surface area contributed by atoms with E-state index in [0.717, 1.165) is 62.3 Å². The van der Waals surface area contributed by atoms with E-state index in [1.165, 1.54) is 14.2 Å². The zero-order valence-electron chi connectivity index (χ0n) is 22.3. The second kappa shape index (κ2) is 13.1. The number of ether oxygens (including phenoxy) is 3. The molecule has 1 aliphatic rings. The Morgan fingerprint density at radius 1 is 1.05 bits per heavy atom. The molecule has 0 spiro atoms. The quantitative estimate of drug-likeness (QED) is 0.298. The minimum atomic E-state index is -0.417. The fourth-order valence-electron chi connectivity index (χ4n) is 4.56. The predicted octanol–water partition coefficient (Wildman–Crippen LogP) is 3.29. The number of amides is 2. The first-order valence-corrected chi connectivity index (χ1v) is 12.9. The summed E-state index contributed by atoms with van der Waals surface area (Å²) < 4.78 is 18.1. The molecule has 0 bridgehead atoms. The van der Waals surface area contributed by atoms with Gasteiger partial charge in [0.25, 0.3) is 11.8 Å². The van der Waals surface area contributed by atoms with Gasteiger partial charge in [0.2, 0.25) is 0 Å². The van der Waals surface area contributed by atoms with Crippen LogP contribution in [0.2, 0.25) is 0 Å². The van der Waals surface area contributed by atoms with Crippen LogP contribution in [0.4, 0.5) is 0 Å². The topological polar surface area (TPSA) is 94.1 Å². The van der Waals surface area contributed by atoms with Crippen LogP contribution in [0.25, 0.3) is 17.0 Å². The van der Waals surface area contributed by atoms with Crippen LogP contribution in [0.3, 0.4) is 0 Å². The summed E-state index contributed by atoms with van der Waals surface area (Å²) in [4.78, 5) is 28.9. The van der Waals surface area contributed by atoms with Crippen molar-refractivity contribution < 1.29 is 23.8 Å². The zero-order chi connectivity index (χ0) is 26.9. The summed E-state index contributed by atoms with van der Waals surface area (Å²) in [5.74, 6) is 0.198. The molecule has 2 N–H and O–H groups in total. The number of morpholine rings is 1. The number of nitrogens with one attached hydrogen (secondary N) is 2. The lowest BCUT2D eigenvalue weighted by atomic mass is 10.1. The van der Waals surface area contributed by atoms with Crippen molar-refractivity contribution >= 4 is 28.8 Å². The number of carbonyl (C=O) groups excluding carboxylic acids is 2. The summed E-state index contributed by atoms with van der Waals surface area (Å²) in [5, 5.41) is 6.81. The summed E-state index contributed by atoms with van der Waals surface area (Å²) in [6, 6.07) is 12.9. The summed E-state index contributed by atoms with van der Waals surface area (Å²) in [6.45, 7) is 7.53. The lowest BCUT2D eigenvalue weighted by Gasteiger charge is -2.26. The lowest BCUT2D eigenvalue weighted by molar-refractivity contribution is -0.117. The number of hydrogen-bond donors (Lipinski definition) is 2. The molecular weight excluding hydrogens is 484 g/mol. The van der Waals surface area contributed by atoms with Crippen LogP contribution in [0.15, 0.2) is 54.4 Å². The number of aromatic nitrogens is 1. The molecule has 2 aromatic carbocycles. The van der Waals surface area contributed by atoms with Crippen molar-refractivity contribution in [1.82, 2.24) is 20.1 Å². The first-order chi connectivity index (χ1) is 18.5. The van der Waals surface area contributed by atoms with Crippen molar-refractivity contribution in [3.63, 3.8) is 0 Å². The second-order valence-electron chi connectivity index (χ2n) is 9.03. The van der Waals surface area contributed by atoms with Gasteiger partial charge in [0, 0.05) is 54.4 Å². The van der Waals surface area contributed by atoms with Crippen molar-refractivity contribution in [2.45, 2.75) is 19.9 Å². The largest absolute Gasteiger partial charge is 0.493 e. The van der Waals surface area contributed by atoms with Crippen LogP contribution >= 0.6 is 0 Å². The predicted molar refractivity (Wildman–Crippen MR) is 147 cm³/mol. The third kappa shape index (κ3) is 6.54. The first kappa shape index (κ1) is 27.2. The van der Waals surface area contributed by atoms with Crippen LogP contribution in [-0.2, 0) is 16.1 Å². The van der Waals surface area contributed by atoms with Crippen molar-refractivity contribution in [3.8, 4) is 11.5 Å². The minimum Gasteiger partial charge on any atom is -0.493 e. The Bertz CT molecular complexity index is 1290. The van der Waals surface area contributed by atoms with Gasteiger partial charge >= 0.3 is 0 Å². The molecule has 2 amide bonds. The Morgan fingerprint density at radius 3 is 2.55 bits per heavy atom. The van der Waals surface area contributed by atoms with Gasteiger partial charge in [-0.25, -0.2) is 0 Å². The SMILES string of the molecule is CCn1cc(/C=C(\NC(=O)c2ccc(OC)c(OC)c2)C(=O)NCCCN2CCOCC2)c2ccccc21. The van der Waals surface area contributed by atoms with E-state index in [1.807, 2.05) is 30.5 Å². The van der Waals surface area contributed by atoms with Crippen LogP contribution in [-0.4, -0.2) is 74.9 Å². The number of aryl methyl sites for hydroxylation is 1. The van der Waals surface area contributed by atoms with E-state index in [2.05, 4.69) is 27.0 Å². The fourth-order valence-corrected chi connectivity index (χ4v) is 4.56. The number of para-hydroxylation sites is 1. The van der Waals surface area contributed by atoms with Crippen molar-refractivity contribution in [3.05, 3.63) is 65.5 Å². The van der Waals surface area contributed by atoms with Gasteiger partial charge in [-0.15, -0.1) is 0 Å². The molecule has 1 aliphatic heterocycles. The molecule has 0 saturated carbocycles. The van der Waals surface area contributed by atoms with Crippen LogP contribution < -0.4 is 20.1 Å². The number of fused-ring (bicyclic) bond motifs is 1. The van der Waals surface area contributed by atoms with E-state index in [-0.39, 0.29) is 11.6 Å². The van der Waals surface area contributed by atoms with E-state index >= 15 is 0 Å². The number of carbonyl (C=O) groups is 2. The normalized spacial score (nSPS) is 14.3. The van der Waals surface area contributed by atoms with E-state index in [4.69, 9.17) is 14.2 Å². The summed E-state index contributed by atoms with van der Waals surface area (Å²) in [6.07, 6.45) is 4.54. The molecule has 1 aromatic heterocycles. The van der Waals surface area contributed by atoms with Gasteiger partial charge in [0.1, 0.15) is 5.70 Å².